The maximum atomic E-state index is 13.1. The van der Waals surface area contributed by atoms with Crippen molar-refractivity contribution in [3.05, 3.63) is 35.9 Å². The lowest BCUT2D eigenvalue weighted by atomic mass is 9.76. The first-order valence-corrected chi connectivity index (χ1v) is 12.1. The quantitative estimate of drug-likeness (QED) is 0.327. The Morgan fingerprint density at radius 3 is 2.20 bits per heavy atom. The number of aliphatic carboxylic acids is 1. The van der Waals surface area contributed by atoms with Gasteiger partial charge in [0.1, 0.15) is 24.4 Å². The number of esters is 1. The van der Waals surface area contributed by atoms with Crippen LogP contribution in [-0.4, -0.2) is 75.0 Å². The number of aliphatic hydroxyl groups is 3. The van der Waals surface area contributed by atoms with Crippen molar-refractivity contribution in [2.24, 2.45) is 17.8 Å². The summed E-state index contributed by atoms with van der Waals surface area (Å²) in [7, 11) is 0. The van der Waals surface area contributed by atoms with Gasteiger partial charge in [0, 0.05) is 12.3 Å². The van der Waals surface area contributed by atoms with Crippen LogP contribution in [0.2, 0.25) is 0 Å². The van der Waals surface area contributed by atoms with Crippen molar-refractivity contribution in [3.8, 4) is 0 Å². The number of carbonyl (C=O) groups is 3. The van der Waals surface area contributed by atoms with Crippen LogP contribution in [0.4, 0.5) is 0 Å². The fourth-order valence-corrected chi connectivity index (χ4v) is 4.73. The third-order valence-corrected chi connectivity index (χ3v) is 7.01. The van der Waals surface area contributed by atoms with Gasteiger partial charge in [-0.3, -0.25) is 4.79 Å². The Kier molecular flexibility index (Phi) is 9.23. The van der Waals surface area contributed by atoms with E-state index in [-0.39, 0.29) is 18.2 Å². The average molecular weight is 494 g/mol. The highest BCUT2D eigenvalue weighted by molar-refractivity contribution is 5.86. The van der Waals surface area contributed by atoms with Crippen molar-refractivity contribution >= 4 is 17.8 Å². The van der Waals surface area contributed by atoms with Gasteiger partial charge in [0.2, 0.25) is 12.2 Å². The Morgan fingerprint density at radius 2 is 1.63 bits per heavy atom. The number of ether oxygens (including phenoxy) is 2. The molecule has 0 aromatic heterocycles. The number of carbonyl (C=O) groups excluding carboxylic acids is 2. The molecule has 2 aliphatic rings. The molecule has 0 spiro atoms. The van der Waals surface area contributed by atoms with Crippen LogP contribution >= 0.6 is 0 Å². The Hall–Kier alpha value is -2.53. The number of rotatable bonds is 8. The summed E-state index contributed by atoms with van der Waals surface area (Å²) >= 11 is 0. The number of aliphatic hydroxyl groups excluding tert-OH is 3. The van der Waals surface area contributed by atoms with E-state index in [2.05, 4.69) is 19.2 Å². The molecule has 1 saturated carbocycles. The van der Waals surface area contributed by atoms with Gasteiger partial charge >= 0.3 is 11.9 Å². The molecule has 1 amide bonds. The zero-order valence-corrected chi connectivity index (χ0v) is 19.9. The summed E-state index contributed by atoms with van der Waals surface area (Å²) in [4.78, 5) is 37.4. The van der Waals surface area contributed by atoms with Gasteiger partial charge in [-0.25, -0.2) is 9.59 Å². The molecule has 10 heteroatoms. The van der Waals surface area contributed by atoms with Gasteiger partial charge in [-0.1, -0.05) is 44.2 Å². The lowest BCUT2D eigenvalue weighted by molar-refractivity contribution is -0.286. The second-order valence-electron chi connectivity index (χ2n) is 9.78. The molecule has 5 N–H and O–H groups in total. The molecule has 1 aliphatic heterocycles. The van der Waals surface area contributed by atoms with Gasteiger partial charge in [0.25, 0.3) is 0 Å². The minimum atomic E-state index is -1.90. The molecule has 1 aromatic carbocycles. The molecule has 1 aliphatic carbocycles. The topological polar surface area (TPSA) is 163 Å². The zero-order valence-electron chi connectivity index (χ0n) is 19.9. The van der Waals surface area contributed by atoms with Gasteiger partial charge < -0.3 is 35.2 Å². The normalized spacial score (nSPS) is 32.0. The Balaban J connectivity index is 1.71. The molecular formula is C25H35NO9. The van der Waals surface area contributed by atoms with E-state index >= 15 is 0 Å². The van der Waals surface area contributed by atoms with Crippen molar-refractivity contribution in [1.29, 1.82) is 0 Å². The predicted octanol–water partition coefficient (Wildman–Crippen LogP) is 0.612. The Labute approximate surface area is 204 Å². The molecule has 1 aromatic rings. The molecule has 10 nitrogen and oxygen atoms in total. The molecule has 0 unspecified atom stereocenters. The molecule has 3 rings (SSSR count). The summed E-state index contributed by atoms with van der Waals surface area (Å²) in [6, 6.07) is 7.83. The number of carboxylic acid groups (broad SMARTS) is 1. The standard InChI is InChI=1S/C25H35NO9/c1-13(2)15-8-10-16(11-9-15)22(30)26-17(12-14-6-4-3-5-7-14)24(33)35-25-20(29)18(27)19(28)21(34-25)23(31)32/h3-7,13,15-21,25,27-29H,8-12H2,1-2H3,(H,26,30)(H,31,32)/t15?,16?,17-,18-,19-,20-,21-,25-/m1/s1. The van der Waals surface area contributed by atoms with Crippen molar-refractivity contribution in [3.63, 3.8) is 0 Å². The summed E-state index contributed by atoms with van der Waals surface area (Å²) in [6.07, 6.45) is -6.01. The minimum absolute atomic E-state index is 0.100. The number of nitrogens with one attached hydrogen (secondary N) is 1. The monoisotopic (exact) mass is 493 g/mol. The summed E-state index contributed by atoms with van der Waals surface area (Å²) in [5.74, 6) is -1.93. The Morgan fingerprint density at radius 1 is 1.00 bits per heavy atom. The van der Waals surface area contributed by atoms with E-state index in [1.807, 2.05) is 6.07 Å². The van der Waals surface area contributed by atoms with E-state index in [1.54, 1.807) is 24.3 Å². The van der Waals surface area contributed by atoms with Crippen molar-refractivity contribution in [1.82, 2.24) is 5.32 Å². The van der Waals surface area contributed by atoms with Crippen LogP contribution < -0.4 is 5.32 Å². The third-order valence-electron chi connectivity index (χ3n) is 7.01. The first-order valence-electron chi connectivity index (χ1n) is 12.1. The largest absolute Gasteiger partial charge is 0.479 e. The van der Waals surface area contributed by atoms with Gasteiger partial charge in [-0.05, 0) is 43.1 Å². The second kappa shape index (κ2) is 11.9. The van der Waals surface area contributed by atoms with E-state index in [0.29, 0.717) is 11.8 Å². The second-order valence-corrected chi connectivity index (χ2v) is 9.78. The van der Waals surface area contributed by atoms with Gasteiger partial charge in [0.15, 0.2) is 6.10 Å². The zero-order chi connectivity index (χ0) is 25.7. The lowest BCUT2D eigenvalue weighted by Gasteiger charge is -2.38. The molecule has 6 atom stereocenters. The van der Waals surface area contributed by atoms with Crippen LogP contribution in [0.3, 0.4) is 0 Å². The van der Waals surface area contributed by atoms with E-state index in [9.17, 15) is 34.8 Å². The molecule has 35 heavy (non-hydrogen) atoms. The van der Waals surface area contributed by atoms with E-state index < -0.39 is 48.7 Å². The Bertz CT molecular complexity index is 869. The minimum Gasteiger partial charge on any atom is -0.479 e. The molecular weight excluding hydrogens is 458 g/mol. The first-order chi connectivity index (χ1) is 16.6. The smallest absolute Gasteiger partial charge is 0.335 e. The highest BCUT2D eigenvalue weighted by Gasteiger charge is 2.49. The number of hydrogen-bond acceptors (Lipinski definition) is 8. The fraction of sp³-hybridized carbons (Fsp3) is 0.640. The number of benzene rings is 1. The van der Waals surface area contributed by atoms with Crippen molar-refractivity contribution < 1.29 is 44.3 Å². The molecule has 194 valence electrons. The number of carboxylic acids is 1. The van der Waals surface area contributed by atoms with Gasteiger partial charge in [-0.15, -0.1) is 0 Å². The maximum absolute atomic E-state index is 13.1. The highest BCUT2D eigenvalue weighted by atomic mass is 16.7. The first kappa shape index (κ1) is 27.1. The summed E-state index contributed by atoms with van der Waals surface area (Å²) < 4.78 is 10.3. The van der Waals surface area contributed by atoms with Gasteiger partial charge in [0.05, 0.1) is 0 Å². The molecule has 1 saturated heterocycles. The summed E-state index contributed by atoms with van der Waals surface area (Å²) in [5.41, 5.74) is 0.752. The van der Waals surface area contributed by atoms with Crippen molar-refractivity contribution in [2.75, 3.05) is 0 Å². The van der Waals surface area contributed by atoms with Crippen LogP contribution in [0, 0.1) is 17.8 Å². The van der Waals surface area contributed by atoms with E-state index in [0.717, 1.165) is 31.2 Å². The maximum Gasteiger partial charge on any atom is 0.335 e. The van der Waals surface area contributed by atoms with Crippen LogP contribution in [-0.2, 0) is 30.3 Å². The summed E-state index contributed by atoms with van der Waals surface area (Å²) in [6.45, 7) is 4.34. The lowest BCUT2D eigenvalue weighted by Crippen LogP contribution is -2.61. The molecule has 2 fully saturated rings. The fourth-order valence-electron chi connectivity index (χ4n) is 4.73. The van der Waals surface area contributed by atoms with Crippen LogP contribution in [0.1, 0.15) is 45.1 Å². The number of hydrogen-bond donors (Lipinski definition) is 5. The average Bonchev–Trinajstić information content (AvgIpc) is 2.84. The third kappa shape index (κ3) is 6.78. The predicted molar refractivity (Wildman–Crippen MR) is 123 cm³/mol. The molecule has 0 radical (unpaired) electrons. The van der Waals surface area contributed by atoms with Crippen LogP contribution in [0.5, 0.6) is 0 Å². The SMILES string of the molecule is CC(C)C1CCC(C(=O)N[C@H](Cc2ccccc2)C(=O)O[C@H]2O[C@@H](C(=O)O)[C@H](O)[C@@H](O)[C@H]2O)CC1. The summed E-state index contributed by atoms with van der Waals surface area (Å²) in [5, 5.41) is 42.0. The molecule has 0 bridgehead atoms. The van der Waals surface area contributed by atoms with E-state index in [1.165, 1.54) is 0 Å². The van der Waals surface area contributed by atoms with Crippen LogP contribution in [0.15, 0.2) is 30.3 Å². The van der Waals surface area contributed by atoms with Crippen molar-refractivity contribution in [2.45, 2.75) is 82.7 Å². The number of amides is 1. The molecule has 1 heterocycles. The highest BCUT2D eigenvalue weighted by Crippen LogP contribution is 2.33. The van der Waals surface area contributed by atoms with Gasteiger partial charge in [-0.2, -0.15) is 0 Å². The van der Waals surface area contributed by atoms with Crippen LogP contribution in [0.25, 0.3) is 0 Å². The van der Waals surface area contributed by atoms with E-state index in [4.69, 9.17) is 9.47 Å².